The molecule has 1 fully saturated rings. The molecule has 6 nitrogen and oxygen atoms in total. The summed E-state index contributed by atoms with van der Waals surface area (Å²) in [4.78, 5) is 26.1. The zero-order chi connectivity index (χ0) is 17.4. The second-order valence-corrected chi connectivity index (χ2v) is 6.10. The second-order valence-electron chi connectivity index (χ2n) is 6.10. The number of methoxy groups -OCH3 is 1. The molecule has 1 unspecified atom stereocenters. The van der Waals surface area contributed by atoms with Crippen molar-refractivity contribution in [2.45, 2.75) is 32.1 Å². The Morgan fingerprint density at radius 2 is 1.96 bits per heavy atom. The fraction of sp³-hybridized carbons (Fsp3) is 0.556. The average Bonchev–Trinajstić information content (AvgIpc) is 3.00. The third kappa shape index (κ3) is 4.96. The van der Waals surface area contributed by atoms with Crippen LogP contribution in [0.1, 0.15) is 32.1 Å². The lowest BCUT2D eigenvalue weighted by molar-refractivity contribution is -0.126. The fourth-order valence-electron chi connectivity index (χ4n) is 2.87. The molecule has 0 aromatic heterocycles. The van der Waals surface area contributed by atoms with Crippen LogP contribution in [0.25, 0.3) is 0 Å². The van der Waals surface area contributed by atoms with E-state index >= 15 is 0 Å². The van der Waals surface area contributed by atoms with Gasteiger partial charge in [-0.1, -0.05) is 12.8 Å². The first-order valence-electron chi connectivity index (χ1n) is 8.58. The van der Waals surface area contributed by atoms with E-state index in [0.29, 0.717) is 13.1 Å². The largest absolute Gasteiger partial charge is 0.497 e. The van der Waals surface area contributed by atoms with E-state index in [4.69, 9.17) is 10.5 Å². The summed E-state index contributed by atoms with van der Waals surface area (Å²) in [6.45, 7) is 1.82. The van der Waals surface area contributed by atoms with Gasteiger partial charge in [0.1, 0.15) is 5.75 Å². The van der Waals surface area contributed by atoms with Crippen molar-refractivity contribution in [3.8, 4) is 5.75 Å². The molecule has 2 amide bonds. The van der Waals surface area contributed by atoms with Crippen molar-refractivity contribution in [2.24, 2.45) is 11.7 Å². The zero-order valence-corrected chi connectivity index (χ0v) is 14.3. The van der Waals surface area contributed by atoms with E-state index in [9.17, 15) is 9.59 Å². The molecule has 1 heterocycles. The van der Waals surface area contributed by atoms with Crippen molar-refractivity contribution in [3.63, 3.8) is 0 Å². The number of rotatable bonds is 9. The zero-order valence-electron chi connectivity index (χ0n) is 14.3. The van der Waals surface area contributed by atoms with Crippen molar-refractivity contribution in [2.75, 3.05) is 31.6 Å². The Balaban J connectivity index is 1.79. The highest BCUT2D eigenvalue weighted by Gasteiger charge is 2.34. The van der Waals surface area contributed by atoms with Gasteiger partial charge in [0.25, 0.3) is 0 Å². The van der Waals surface area contributed by atoms with Crippen LogP contribution in [0.15, 0.2) is 24.3 Å². The SMILES string of the molecule is COc1ccc(N2CC(C(=O)NCCCCCCN)CC2=O)cc1. The number of carbonyl (C=O) groups excluding carboxylic acids is 2. The van der Waals surface area contributed by atoms with E-state index in [1.54, 1.807) is 12.0 Å². The highest BCUT2D eigenvalue weighted by Crippen LogP contribution is 2.26. The van der Waals surface area contributed by atoms with Gasteiger partial charge in [-0.2, -0.15) is 0 Å². The number of ether oxygens (including phenoxy) is 1. The van der Waals surface area contributed by atoms with Crippen LogP contribution in [0.3, 0.4) is 0 Å². The summed E-state index contributed by atoms with van der Waals surface area (Å²) < 4.78 is 5.12. The minimum atomic E-state index is -0.274. The van der Waals surface area contributed by atoms with Crippen LogP contribution < -0.4 is 20.7 Å². The van der Waals surface area contributed by atoms with Crippen molar-refractivity contribution >= 4 is 17.5 Å². The maximum atomic E-state index is 12.2. The van der Waals surface area contributed by atoms with Crippen molar-refractivity contribution < 1.29 is 14.3 Å². The first kappa shape index (κ1) is 18.3. The lowest BCUT2D eigenvalue weighted by Crippen LogP contribution is -2.33. The molecular weight excluding hydrogens is 306 g/mol. The molecule has 0 spiro atoms. The van der Waals surface area contributed by atoms with Crippen LogP contribution in [0.5, 0.6) is 5.75 Å². The summed E-state index contributed by atoms with van der Waals surface area (Å²) in [5, 5.41) is 2.94. The van der Waals surface area contributed by atoms with Crippen LogP contribution in [0.2, 0.25) is 0 Å². The van der Waals surface area contributed by atoms with E-state index in [1.807, 2.05) is 24.3 Å². The summed E-state index contributed by atoms with van der Waals surface area (Å²) in [6.07, 6.45) is 4.42. The molecule has 1 saturated heterocycles. The number of nitrogens with two attached hydrogens (primary N) is 1. The molecule has 0 bridgehead atoms. The van der Waals surface area contributed by atoms with Gasteiger partial charge in [-0.15, -0.1) is 0 Å². The molecule has 3 N–H and O–H groups in total. The molecule has 1 aliphatic heterocycles. The Labute approximate surface area is 143 Å². The van der Waals surface area contributed by atoms with Gasteiger partial charge in [0.05, 0.1) is 13.0 Å². The normalized spacial score (nSPS) is 17.2. The van der Waals surface area contributed by atoms with Gasteiger partial charge in [-0.05, 0) is 43.7 Å². The Morgan fingerprint density at radius 3 is 2.62 bits per heavy atom. The van der Waals surface area contributed by atoms with Crippen LogP contribution in [-0.4, -0.2) is 38.6 Å². The highest BCUT2D eigenvalue weighted by molar-refractivity contribution is 6.00. The van der Waals surface area contributed by atoms with Gasteiger partial charge in [0.15, 0.2) is 0 Å². The third-order valence-electron chi connectivity index (χ3n) is 4.31. The maximum Gasteiger partial charge on any atom is 0.227 e. The molecule has 1 aliphatic rings. The summed E-state index contributed by atoms with van der Waals surface area (Å²) in [7, 11) is 1.60. The minimum absolute atomic E-state index is 0.0109. The molecule has 6 heteroatoms. The quantitative estimate of drug-likeness (QED) is 0.674. The van der Waals surface area contributed by atoms with Gasteiger partial charge in [-0.3, -0.25) is 9.59 Å². The average molecular weight is 333 g/mol. The minimum Gasteiger partial charge on any atom is -0.497 e. The van der Waals surface area contributed by atoms with Gasteiger partial charge >= 0.3 is 0 Å². The number of anilines is 1. The van der Waals surface area contributed by atoms with Crippen molar-refractivity contribution in [3.05, 3.63) is 24.3 Å². The first-order chi connectivity index (χ1) is 11.7. The number of nitrogens with one attached hydrogen (secondary N) is 1. The fourth-order valence-corrected chi connectivity index (χ4v) is 2.87. The number of hydrogen-bond acceptors (Lipinski definition) is 4. The Hall–Kier alpha value is -2.08. The molecule has 1 aromatic rings. The number of unbranched alkanes of at least 4 members (excludes halogenated alkanes) is 3. The number of hydrogen-bond donors (Lipinski definition) is 2. The van der Waals surface area contributed by atoms with E-state index in [1.165, 1.54) is 0 Å². The maximum absolute atomic E-state index is 12.2. The van der Waals surface area contributed by atoms with Crippen LogP contribution in [-0.2, 0) is 9.59 Å². The summed E-state index contributed by atoms with van der Waals surface area (Å²) >= 11 is 0. The van der Waals surface area contributed by atoms with Crippen LogP contribution in [0.4, 0.5) is 5.69 Å². The smallest absolute Gasteiger partial charge is 0.227 e. The summed E-state index contributed by atoms with van der Waals surface area (Å²) in [5.74, 6) is 0.430. The number of nitrogens with zero attached hydrogens (tertiary/aromatic N) is 1. The predicted molar refractivity (Wildman–Crippen MR) is 94.0 cm³/mol. The predicted octanol–water partition coefficient (Wildman–Crippen LogP) is 1.68. The number of benzene rings is 1. The van der Waals surface area contributed by atoms with Gasteiger partial charge in [-0.25, -0.2) is 0 Å². The molecule has 24 heavy (non-hydrogen) atoms. The Bertz CT molecular complexity index is 545. The van der Waals surface area contributed by atoms with E-state index < -0.39 is 0 Å². The lowest BCUT2D eigenvalue weighted by atomic mass is 10.1. The number of carbonyl (C=O) groups is 2. The monoisotopic (exact) mass is 333 g/mol. The van der Waals surface area contributed by atoms with Gasteiger partial charge < -0.3 is 20.7 Å². The molecule has 1 aromatic carbocycles. The Morgan fingerprint density at radius 1 is 1.25 bits per heavy atom. The standard InChI is InChI=1S/C18H27N3O3/c1-24-16-8-6-15(7-9-16)21-13-14(12-17(21)22)18(23)20-11-5-3-2-4-10-19/h6-9,14H,2-5,10-13,19H2,1H3,(H,20,23). The lowest BCUT2D eigenvalue weighted by Gasteiger charge is -2.17. The van der Waals surface area contributed by atoms with Crippen LogP contribution in [0, 0.1) is 5.92 Å². The first-order valence-corrected chi connectivity index (χ1v) is 8.58. The Kier molecular flexibility index (Phi) is 7.06. The molecule has 132 valence electrons. The molecule has 0 radical (unpaired) electrons. The number of amides is 2. The third-order valence-corrected chi connectivity index (χ3v) is 4.31. The van der Waals surface area contributed by atoms with E-state index in [0.717, 1.165) is 43.7 Å². The van der Waals surface area contributed by atoms with E-state index in [-0.39, 0.29) is 24.2 Å². The van der Waals surface area contributed by atoms with E-state index in [2.05, 4.69) is 5.32 Å². The highest BCUT2D eigenvalue weighted by atomic mass is 16.5. The molecule has 1 atom stereocenters. The summed E-state index contributed by atoms with van der Waals surface area (Å²) in [6, 6.07) is 7.32. The molecule has 0 saturated carbocycles. The molecular formula is C18H27N3O3. The van der Waals surface area contributed by atoms with Crippen molar-refractivity contribution in [1.82, 2.24) is 5.32 Å². The van der Waals surface area contributed by atoms with Gasteiger partial charge in [0, 0.05) is 25.2 Å². The van der Waals surface area contributed by atoms with Gasteiger partial charge in [0.2, 0.25) is 11.8 Å². The second kappa shape index (κ2) is 9.27. The summed E-state index contributed by atoms with van der Waals surface area (Å²) in [5.41, 5.74) is 6.25. The van der Waals surface area contributed by atoms with Crippen LogP contribution >= 0.6 is 0 Å². The topological polar surface area (TPSA) is 84.7 Å². The van der Waals surface area contributed by atoms with Crippen molar-refractivity contribution in [1.29, 1.82) is 0 Å². The molecule has 0 aliphatic carbocycles. The molecule has 2 rings (SSSR count).